The predicted molar refractivity (Wildman–Crippen MR) is 362 cm³/mol. The molecule has 0 amide bonds. The summed E-state index contributed by atoms with van der Waals surface area (Å²) in [6, 6.07) is 0. The van der Waals surface area contributed by atoms with E-state index in [4.69, 9.17) is 14.2 Å². The van der Waals surface area contributed by atoms with Gasteiger partial charge in [-0.1, -0.05) is 330 Å². The zero-order valence-electron chi connectivity index (χ0n) is 54.9. The summed E-state index contributed by atoms with van der Waals surface area (Å²) in [6.45, 7) is 6.53. The monoisotopic (exact) mass is 1160 g/mol. The molecular weight excluding hydrogens is 1020 g/mol. The van der Waals surface area contributed by atoms with Crippen molar-refractivity contribution in [1.29, 1.82) is 0 Å². The Labute approximate surface area is 515 Å². The van der Waals surface area contributed by atoms with Crippen LogP contribution in [0.2, 0.25) is 0 Å². The molecule has 6 heteroatoms. The number of carbonyl (C=O) groups excluding carboxylic acids is 3. The minimum atomic E-state index is -0.789. The molecule has 0 aromatic heterocycles. The van der Waals surface area contributed by atoms with Crippen molar-refractivity contribution in [3.05, 3.63) is 97.2 Å². The van der Waals surface area contributed by atoms with Crippen LogP contribution in [0, 0.1) is 0 Å². The van der Waals surface area contributed by atoms with Gasteiger partial charge >= 0.3 is 17.9 Å². The summed E-state index contributed by atoms with van der Waals surface area (Å²) >= 11 is 0. The van der Waals surface area contributed by atoms with Gasteiger partial charge in [0.1, 0.15) is 13.2 Å². The molecule has 478 valence electrons. The SMILES string of the molecule is CC/C=C\C/C=C\C/C=C\C/C=C\C/C=C\C/C=C\CCCCCCCCC(=O)OCC(COC(=O)CCCCCCCCC/C=C\C/C=C\CCCCC)OC(=O)CCCCCCCCCCCCCCCCCCCCCCCCC. The summed E-state index contributed by atoms with van der Waals surface area (Å²) in [6.07, 6.45) is 95.7. The minimum absolute atomic E-state index is 0.0838. The highest BCUT2D eigenvalue weighted by Gasteiger charge is 2.19. The van der Waals surface area contributed by atoms with Crippen LogP contribution in [0.1, 0.15) is 355 Å². The zero-order valence-corrected chi connectivity index (χ0v) is 54.9. The van der Waals surface area contributed by atoms with Crippen molar-refractivity contribution in [3.8, 4) is 0 Å². The lowest BCUT2D eigenvalue weighted by molar-refractivity contribution is -0.167. The summed E-state index contributed by atoms with van der Waals surface area (Å²) in [5.74, 6) is -0.887. The minimum Gasteiger partial charge on any atom is -0.462 e. The van der Waals surface area contributed by atoms with E-state index < -0.39 is 6.10 Å². The first kappa shape index (κ1) is 79.3. The summed E-state index contributed by atoms with van der Waals surface area (Å²) in [5, 5.41) is 0. The lowest BCUT2D eigenvalue weighted by atomic mass is 10.0. The van der Waals surface area contributed by atoms with Crippen LogP contribution in [-0.2, 0) is 28.6 Å². The molecule has 0 N–H and O–H groups in total. The number of ether oxygens (including phenoxy) is 3. The number of esters is 3. The molecule has 0 saturated heterocycles. The molecule has 0 fully saturated rings. The second-order valence-electron chi connectivity index (χ2n) is 23.8. The van der Waals surface area contributed by atoms with E-state index in [2.05, 4.69) is 118 Å². The van der Waals surface area contributed by atoms with Gasteiger partial charge in [0.05, 0.1) is 0 Å². The third kappa shape index (κ3) is 69.0. The third-order valence-corrected chi connectivity index (χ3v) is 15.6. The van der Waals surface area contributed by atoms with E-state index in [1.54, 1.807) is 0 Å². The topological polar surface area (TPSA) is 78.9 Å². The molecule has 1 atom stereocenters. The maximum absolute atomic E-state index is 13.0. The summed E-state index contributed by atoms with van der Waals surface area (Å²) in [7, 11) is 0. The third-order valence-electron chi connectivity index (χ3n) is 15.6. The van der Waals surface area contributed by atoms with Crippen molar-refractivity contribution in [3.63, 3.8) is 0 Å². The highest BCUT2D eigenvalue weighted by Crippen LogP contribution is 2.18. The van der Waals surface area contributed by atoms with Gasteiger partial charge in [0.15, 0.2) is 6.10 Å². The van der Waals surface area contributed by atoms with E-state index in [0.29, 0.717) is 19.3 Å². The Morgan fingerprint density at radius 2 is 0.470 bits per heavy atom. The van der Waals surface area contributed by atoms with Crippen molar-refractivity contribution in [2.24, 2.45) is 0 Å². The van der Waals surface area contributed by atoms with Gasteiger partial charge in [-0.25, -0.2) is 0 Å². The Morgan fingerprint density at radius 3 is 0.759 bits per heavy atom. The molecule has 6 nitrogen and oxygen atoms in total. The Hall–Kier alpha value is -3.67. The normalized spacial score (nSPS) is 12.7. The molecular formula is C77H134O6. The maximum atomic E-state index is 13.0. The average molecular weight is 1160 g/mol. The highest BCUT2D eigenvalue weighted by molar-refractivity contribution is 5.71. The zero-order chi connectivity index (χ0) is 59.9. The Kier molecular flexibility index (Phi) is 67.7. The quantitative estimate of drug-likeness (QED) is 0.0261. The molecule has 0 bridgehead atoms. The molecule has 0 heterocycles. The first-order chi connectivity index (χ1) is 41.0. The molecule has 0 aliphatic heterocycles. The fraction of sp³-hybridized carbons (Fsp3) is 0.753. The van der Waals surface area contributed by atoms with E-state index in [0.717, 1.165) is 122 Å². The number of hydrogen-bond acceptors (Lipinski definition) is 6. The van der Waals surface area contributed by atoms with Crippen molar-refractivity contribution >= 4 is 17.9 Å². The van der Waals surface area contributed by atoms with Crippen LogP contribution in [0.3, 0.4) is 0 Å². The number of unbranched alkanes of at least 4 members (excludes halogenated alkanes) is 38. The van der Waals surface area contributed by atoms with Gasteiger partial charge in [-0.05, 0) is 103 Å². The van der Waals surface area contributed by atoms with Gasteiger partial charge in [0.2, 0.25) is 0 Å². The fourth-order valence-corrected chi connectivity index (χ4v) is 10.2. The second-order valence-corrected chi connectivity index (χ2v) is 23.8. The number of allylic oxidation sites excluding steroid dienone is 16. The number of hydrogen-bond donors (Lipinski definition) is 0. The molecule has 0 aromatic rings. The number of rotatable bonds is 65. The summed E-state index contributed by atoms with van der Waals surface area (Å²) in [5.41, 5.74) is 0. The predicted octanol–water partition coefficient (Wildman–Crippen LogP) is 24.8. The van der Waals surface area contributed by atoms with E-state index in [9.17, 15) is 14.4 Å². The van der Waals surface area contributed by atoms with Crippen LogP contribution >= 0.6 is 0 Å². The average Bonchev–Trinajstić information content (AvgIpc) is 3.49. The molecule has 0 spiro atoms. The molecule has 0 rings (SSSR count). The lowest BCUT2D eigenvalue weighted by Crippen LogP contribution is -2.30. The summed E-state index contributed by atoms with van der Waals surface area (Å²) in [4.78, 5) is 38.5. The Balaban J connectivity index is 4.38. The van der Waals surface area contributed by atoms with Gasteiger partial charge in [-0.15, -0.1) is 0 Å². The van der Waals surface area contributed by atoms with Crippen LogP contribution < -0.4 is 0 Å². The van der Waals surface area contributed by atoms with E-state index >= 15 is 0 Å². The van der Waals surface area contributed by atoms with Crippen molar-refractivity contribution < 1.29 is 28.6 Å². The van der Waals surface area contributed by atoms with Gasteiger partial charge in [-0.3, -0.25) is 14.4 Å². The van der Waals surface area contributed by atoms with E-state index in [1.165, 1.54) is 193 Å². The second kappa shape index (κ2) is 70.8. The van der Waals surface area contributed by atoms with Gasteiger partial charge < -0.3 is 14.2 Å². The van der Waals surface area contributed by atoms with Crippen molar-refractivity contribution in [1.82, 2.24) is 0 Å². The summed E-state index contributed by atoms with van der Waals surface area (Å²) < 4.78 is 17.0. The Morgan fingerprint density at radius 1 is 0.253 bits per heavy atom. The maximum Gasteiger partial charge on any atom is 0.306 e. The van der Waals surface area contributed by atoms with Crippen LogP contribution in [0.25, 0.3) is 0 Å². The first-order valence-corrected chi connectivity index (χ1v) is 35.7. The van der Waals surface area contributed by atoms with Gasteiger partial charge in [0.25, 0.3) is 0 Å². The molecule has 0 aliphatic carbocycles. The molecule has 0 radical (unpaired) electrons. The number of carbonyl (C=O) groups is 3. The lowest BCUT2D eigenvalue weighted by Gasteiger charge is -2.18. The molecule has 0 saturated carbocycles. The largest absolute Gasteiger partial charge is 0.462 e. The molecule has 0 aliphatic rings. The van der Waals surface area contributed by atoms with Crippen molar-refractivity contribution in [2.45, 2.75) is 361 Å². The van der Waals surface area contributed by atoms with Crippen LogP contribution in [0.4, 0.5) is 0 Å². The standard InChI is InChI=1S/C77H134O6/c1-4-7-10-13-16-19-22-25-28-31-33-35-37-38-40-41-43-46-49-52-55-58-61-64-67-70-76(79)82-73-74(72-81-75(78)69-66-63-60-57-54-51-48-45-30-27-24-21-18-15-12-9-6-3)83-77(80)71-68-65-62-59-56-53-50-47-44-42-39-36-34-32-29-26-23-20-17-14-11-8-5-2/h7,10,16,18-19,21,25,27-28,30,33,35,38,40,43,46,74H,4-6,8-9,11-15,17,20,22-24,26,29,31-32,34,36-37,39,41-42,44-45,47-73H2,1-3H3/b10-7-,19-16-,21-18-,28-25-,30-27-,35-33-,40-38-,46-43-. The van der Waals surface area contributed by atoms with Gasteiger partial charge in [0, 0.05) is 19.3 Å². The Bertz CT molecular complexity index is 1610. The first-order valence-electron chi connectivity index (χ1n) is 35.7. The van der Waals surface area contributed by atoms with Crippen molar-refractivity contribution in [2.75, 3.05) is 13.2 Å². The molecule has 1 unspecified atom stereocenters. The smallest absolute Gasteiger partial charge is 0.306 e. The molecule has 83 heavy (non-hydrogen) atoms. The fourth-order valence-electron chi connectivity index (χ4n) is 10.2. The van der Waals surface area contributed by atoms with Crippen LogP contribution in [0.5, 0.6) is 0 Å². The molecule has 0 aromatic carbocycles. The van der Waals surface area contributed by atoms with Crippen LogP contribution in [-0.4, -0.2) is 37.2 Å². The highest BCUT2D eigenvalue weighted by atomic mass is 16.6. The van der Waals surface area contributed by atoms with Gasteiger partial charge in [-0.2, -0.15) is 0 Å². The van der Waals surface area contributed by atoms with E-state index in [-0.39, 0.29) is 31.1 Å². The van der Waals surface area contributed by atoms with E-state index in [1.807, 2.05) is 0 Å². The van der Waals surface area contributed by atoms with Crippen LogP contribution in [0.15, 0.2) is 97.2 Å².